The molecule has 1 fully saturated rings. The lowest BCUT2D eigenvalue weighted by molar-refractivity contribution is 0.305. The maximum atomic E-state index is 11.0. The summed E-state index contributed by atoms with van der Waals surface area (Å²) in [5.41, 5.74) is 0. The third-order valence-corrected chi connectivity index (χ3v) is 6.55. The molecule has 1 saturated heterocycles. The van der Waals surface area contributed by atoms with Gasteiger partial charge in [-0.25, -0.2) is 0 Å². The van der Waals surface area contributed by atoms with Gasteiger partial charge in [0, 0.05) is 0 Å². The average molecular weight is 273 g/mol. The molecule has 0 aromatic rings. The Labute approximate surface area is 93.8 Å². The van der Waals surface area contributed by atoms with Crippen molar-refractivity contribution in [2.24, 2.45) is 0 Å². The van der Waals surface area contributed by atoms with Crippen LogP contribution in [0.5, 0.6) is 0 Å². The van der Waals surface area contributed by atoms with Gasteiger partial charge in [0.25, 0.3) is 0 Å². The van der Waals surface area contributed by atoms with E-state index >= 15 is 0 Å². The maximum absolute atomic E-state index is 11.0. The van der Waals surface area contributed by atoms with Crippen LogP contribution in [0, 0.1) is 0 Å². The van der Waals surface area contributed by atoms with Crippen molar-refractivity contribution in [2.75, 3.05) is 19.6 Å². The van der Waals surface area contributed by atoms with Crippen LogP contribution in [0.25, 0.3) is 0 Å². The first-order chi connectivity index (χ1) is 7.21. The van der Waals surface area contributed by atoms with Crippen molar-refractivity contribution in [2.45, 2.75) is 24.7 Å². The van der Waals surface area contributed by atoms with Crippen molar-refractivity contribution in [1.82, 2.24) is 4.90 Å². The minimum absolute atomic E-state index is 0.172. The number of likely N-dealkylation sites (tertiary alicyclic amines) is 1. The predicted octanol–water partition coefficient (Wildman–Crippen LogP) is 0.154. The molecular formula is C7H17NO6P2. The van der Waals surface area contributed by atoms with E-state index in [1.807, 2.05) is 4.90 Å². The molecule has 1 heterocycles. The average Bonchev–Trinajstić information content (AvgIpc) is 2.51. The molecule has 0 bridgehead atoms. The summed E-state index contributed by atoms with van der Waals surface area (Å²) < 4.78 is 21.9. The highest BCUT2D eigenvalue weighted by Gasteiger charge is 2.43. The molecule has 0 aromatic heterocycles. The molecule has 0 radical (unpaired) electrons. The van der Waals surface area contributed by atoms with Crippen LogP contribution in [-0.4, -0.2) is 49.5 Å². The van der Waals surface area contributed by atoms with Gasteiger partial charge in [0.05, 0.1) is 0 Å². The van der Waals surface area contributed by atoms with Crippen molar-refractivity contribution < 1.29 is 28.7 Å². The smallest absolute Gasteiger partial charge is 0.324 e. The lowest BCUT2D eigenvalue weighted by atomic mass is 10.4. The van der Waals surface area contributed by atoms with Crippen molar-refractivity contribution in [1.29, 1.82) is 0 Å². The van der Waals surface area contributed by atoms with Crippen LogP contribution in [0.1, 0.15) is 19.3 Å². The van der Waals surface area contributed by atoms with Crippen molar-refractivity contribution in [3.8, 4) is 0 Å². The molecule has 1 aliphatic heterocycles. The van der Waals surface area contributed by atoms with Gasteiger partial charge >= 0.3 is 15.2 Å². The van der Waals surface area contributed by atoms with Gasteiger partial charge < -0.3 is 24.5 Å². The first-order valence-corrected chi connectivity index (χ1v) is 8.40. The fraction of sp³-hybridized carbons (Fsp3) is 1.00. The normalized spacial score (nSPS) is 19.6. The molecule has 0 aromatic carbocycles. The largest absolute Gasteiger partial charge is 0.340 e. The summed E-state index contributed by atoms with van der Waals surface area (Å²) in [6.45, 7) is 1.98. The second-order valence-electron chi connectivity index (χ2n) is 4.00. The Kier molecular flexibility index (Phi) is 4.72. The Balaban J connectivity index is 2.58. The van der Waals surface area contributed by atoms with Crippen LogP contribution in [0.2, 0.25) is 0 Å². The van der Waals surface area contributed by atoms with Crippen LogP contribution in [0.4, 0.5) is 0 Å². The number of nitrogens with zero attached hydrogens (tertiary/aromatic N) is 1. The summed E-state index contributed by atoms with van der Waals surface area (Å²) >= 11 is 0. The molecule has 0 unspecified atom stereocenters. The molecule has 0 atom stereocenters. The van der Waals surface area contributed by atoms with E-state index in [4.69, 9.17) is 19.6 Å². The second kappa shape index (κ2) is 5.27. The van der Waals surface area contributed by atoms with E-state index in [9.17, 15) is 9.13 Å². The standard InChI is InChI=1S/C7H17NO6P2/c9-15(10,11)7(16(12,13)14)3-6-8-4-1-2-5-8/h7H,1-6H2,(H2,9,10,11)(H2,12,13,14). The summed E-state index contributed by atoms with van der Waals surface area (Å²) in [7, 11) is -9.49. The Morgan fingerprint density at radius 3 is 1.81 bits per heavy atom. The summed E-state index contributed by atoms with van der Waals surface area (Å²) in [4.78, 5) is 37.5. The first kappa shape index (κ1) is 14.3. The zero-order valence-corrected chi connectivity index (χ0v) is 10.6. The van der Waals surface area contributed by atoms with Crippen LogP contribution in [0.3, 0.4) is 0 Å². The number of hydrogen-bond acceptors (Lipinski definition) is 3. The molecule has 1 rings (SSSR count). The molecule has 1 aliphatic rings. The van der Waals surface area contributed by atoms with Gasteiger partial charge in [-0.3, -0.25) is 9.13 Å². The van der Waals surface area contributed by atoms with E-state index < -0.39 is 20.6 Å². The Morgan fingerprint density at radius 2 is 1.44 bits per heavy atom. The summed E-state index contributed by atoms with van der Waals surface area (Å²) in [5, 5.41) is -1.86. The van der Waals surface area contributed by atoms with Crippen LogP contribution in [-0.2, 0) is 9.13 Å². The van der Waals surface area contributed by atoms with Gasteiger partial charge in [0.2, 0.25) is 0 Å². The Hall–Kier alpha value is 0.260. The highest BCUT2D eigenvalue weighted by atomic mass is 31.2. The third kappa shape index (κ3) is 4.26. The molecule has 0 aliphatic carbocycles. The van der Waals surface area contributed by atoms with Gasteiger partial charge in [0.15, 0.2) is 5.40 Å². The van der Waals surface area contributed by atoms with Crippen LogP contribution in [0.15, 0.2) is 0 Å². The van der Waals surface area contributed by atoms with Crippen LogP contribution >= 0.6 is 15.2 Å². The van der Waals surface area contributed by atoms with E-state index in [2.05, 4.69) is 0 Å². The minimum atomic E-state index is -4.74. The highest BCUT2D eigenvalue weighted by Crippen LogP contribution is 2.61. The van der Waals surface area contributed by atoms with E-state index in [1.54, 1.807) is 0 Å². The zero-order valence-electron chi connectivity index (χ0n) is 8.77. The van der Waals surface area contributed by atoms with Crippen molar-refractivity contribution in [3.05, 3.63) is 0 Å². The SMILES string of the molecule is O=P(O)(O)C(CCN1CCCC1)P(=O)(O)O. The fourth-order valence-corrected chi connectivity index (χ4v) is 4.31. The van der Waals surface area contributed by atoms with Gasteiger partial charge in [-0.15, -0.1) is 0 Å². The first-order valence-electron chi connectivity index (χ1n) is 5.04. The molecule has 9 heteroatoms. The molecule has 7 nitrogen and oxygen atoms in total. The lowest BCUT2D eigenvalue weighted by Gasteiger charge is -2.22. The van der Waals surface area contributed by atoms with Gasteiger partial charge in [0.1, 0.15) is 0 Å². The van der Waals surface area contributed by atoms with Gasteiger partial charge in [-0.1, -0.05) is 0 Å². The monoisotopic (exact) mass is 273 g/mol. The summed E-state index contributed by atoms with van der Waals surface area (Å²) in [6, 6.07) is 0. The van der Waals surface area contributed by atoms with Gasteiger partial charge in [-0.2, -0.15) is 0 Å². The molecular weight excluding hydrogens is 256 g/mol. The maximum Gasteiger partial charge on any atom is 0.340 e. The topological polar surface area (TPSA) is 118 Å². The van der Waals surface area contributed by atoms with E-state index in [-0.39, 0.29) is 6.42 Å². The Morgan fingerprint density at radius 1 is 1.00 bits per heavy atom. The van der Waals surface area contributed by atoms with E-state index in [0.29, 0.717) is 6.54 Å². The Bertz CT molecular complexity index is 295. The third-order valence-electron chi connectivity index (χ3n) is 2.68. The van der Waals surface area contributed by atoms with Crippen LogP contribution < -0.4 is 0 Å². The molecule has 96 valence electrons. The summed E-state index contributed by atoms with van der Waals surface area (Å²) in [6.07, 6.45) is 1.88. The zero-order chi connectivity index (χ0) is 12.4. The molecule has 16 heavy (non-hydrogen) atoms. The van der Waals surface area contributed by atoms with Gasteiger partial charge in [-0.05, 0) is 38.9 Å². The molecule has 4 N–H and O–H groups in total. The fourth-order valence-electron chi connectivity index (χ4n) is 1.84. The number of rotatable bonds is 5. The number of hydrogen-bond donors (Lipinski definition) is 4. The molecule has 0 saturated carbocycles. The van der Waals surface area contributed by atoms with E-state index in [0.717, 1.165) is 25.9 Å². The highest BCUT2D eigenvalue weighted by molar-refractivity contribution is 7.70. The minimum Gasteiger partial charge on any atom is -0.324 e. The second-order valence-corrected chi connectivity index (χ2v) is 8.01. The lowest BCUT2D eigenvalue weighted by Crippen LogP contribution is -2.24. The quantitative estimate of drug-likeness (QED) is 0.526. The van der Waals surface area contributed by atoms with E-state index in [1.165, 1.54) is 0 Å². The molecule has 0 spiro atoms. The summed E-state index contributed by atoms with van der Waals surface area (Å²) in [5.74, 6) is 0. The van der Waals surface area contributed by atoms with Crippen molar-refractivity contribution >= 4 is 15.2 Å². The predicted molar refractivity (Wildman–Crippen MR) is 58.2 cm³/mol. The van der Waals surface area contributed by atoms with Crippen molar-refractivity contribution in [3.63, 3.8) is 0 Å². The molecule has 0 amide bonds.